The number of methoxy groups -OCH3 is 2. The standard InChI is InChI=1S/C23H21N5O3S/c1-14(29)25-23-28-27-22(32-23)15-4-7-17(8-5-15)26-19-10-11-24-13-18(19)16-6-9-20(30-2)21(12-16)31-3/h4-13H,1-3H3,(H,24,26)(H,25,28,29). The number of hydrogen-bond donors (Lipinski definition) is 2. The second-order valence-corrected chi connectivity index (χ2v) is 7.76. The van der Waals surface area contributed by atoms with Gasteiger partial charge in [0, 0.05) is 41.8 Å². The molecule has 1 amide bonds. The Morgan fingerprint density at radius 3 is 2.41 bits per heavy atom. The fraction of sp³-hybridized carbons (Fsp3) is 0.130. The van der Waals surface area contributed by atoms with Crippen molar-refractivity contribution in [3.05, 3.63) is 60.9 Å². The van der Waals surface area contributed by atoms with Crippen LogP contribution >= 0.6 is 11.3 Å². The number of anilines is 3. The Bertz CT molecular complexity index is 1240. The lowest BCUT2D eigenvalue weighted by molar-refractivity contribution is -0.114. The van der Waals surface area contributed by atoms with E-state index in [4.69, 9.17) is 9.47 Å². The first-order valence-electron chi connectivity index (χ1n) is 9.72. The Morgan fingerprint density at radius 1 is 0.938 bits per heavy atom. The average Bonchev–Trinajstić information content (AvgIpc) is 3.27. The van der Waals surface area contributed by atoms with Gasteiger partial charge >= 0.3 is 0 Å². The normalized spacial score (nSPS) is 10.5. The largest absolute Gasteiger partial charge is 0.493 e. The molecule has 0 atom stereocenters. The highest BCUT2D eigenvalue weighted by Gasteiger charge is 2.11. The minimum atomic E-state index is -0.171. The molecule has 0 aliphatic carbocycles. The molecule has 2 aromatic heterocycles. The minimum Gasteiger partial charge on any atom is -0.493 e. The van der Waals surface area contributed by atoms with E-state index in [1.165, 1.54) is 18.3 Å². The van der Waals surface area contributed by atoms with Crippen molar-refractivity contribution in [3.8, 4) is 33.2 Å². The van der Waals surface area contributed by atoms with Crippen LogP contribution in [0.25, 0.3) is 21.7 Å². The Morgan fingerprint density at radius 2 is 1.69 bits per heavy atom. The molecule has 4 rings (SSSR count). The van der Waals surface area contributed by atoms with Gasteiger partial charge in [-0.25, -0.2) is 0 Å². The van der Waals surface area contributed by atoms with Gasteiger partial charge in [0.2, 0.25) is 11.0 Å². The molecule has 2 heterocycles. The second kappa shape index (κ2) is 9.44. The minimum absolute atomic E-state index is 0.171. The highest BCUT2D eigenvalue weighted by atomic mass is 32.1. The predicted octanol–water partition coefficient (Wildman–Crippen LogP) is 4.99. The molecule has 0 bridgehead atoms. The predicted molar refractivity (Wildman–Crippen MR) is 126 cm³/mol. The third-order valence-corrected chi connectivity index (χ3v) is 5.52. The summed E-state index contributed by atoms with van der Waals surface area (Å²) in [5.41, 5.74) is 4.62. The van der Waals surface area contributed by atoms with Crippen LogP contribution in [0.5, 0.6) is 11.5 Å². The first-order chi connectivity index (χ1) is 15.6. The highest BCUT2D eigenvalue weighted by molar-refractivity contribution is 7.18. The fourth-order valence-electron chi connectivity index (χ4n) is 3.13. The number of nitrogens with one attached hydrogen (secondary N) is 2. The van der Waals surface area contributed by atoms with Crippen molar-refractivity contribution in [2.45, 2.75) is 6.92 Å². The number of amides is 1. The van der Waals surface area contributed by atoms with E-state index in [0.29, 0.717) is 16.6 Å². The molecule has 0 saturated carbocycles. The Hall–Kier alpha value is -3.98. The number of aromatic nitrogens is 3. The number of ether oxygens (including phenoxy) is 2. The molecule has 0 unspecified atom stereocenters. The SMILES string of the molecule is COc1ccc(-c2cnccc2Nc2ccc(-c3nnc(NC(C)=O)s3)cc2)cc1OC. The molecular formula is C23H21N5O3S. The third kappa shape index (κ3) is 4.68. The summed E-state index contributed by atoms with van der Waals surface area (Å²) >= 11 is 1.33. The van der Waals surface area contributed by atoms with Crippen LogP contribution < -0.4 is 20.1 Å². The van der Waals surface area contributed by atoms with Gasteiger partial charge in [0.1, 0.15) is 5.01 Å². The van der Waals surface area contributed by atoms with Crippen molar-refractivity contribution >= 4 is 33.8 Å². The lowest BCUT2D eigenvalue weighted by Gasteiger charge is -2.14. The molecule has 0 spiro atoms. The number of carbonyl (C=O) groups is 1. The molecular weight excluding hydrogens is 426 g/mol. The van der Waals surface area contributed by atoms with Crippen molar-refractivity contribution < 1.29 is 14.3 Å². The monoisotopic (exact) mass is 447 g/mol. The number of pyridine rings is 1. The number of benzene rings is 2. The van der Waals surface area contributed by atoms with Gasteiger partial charge in [0.05, 0.1) is 14.2 Å². The van der Waals surface area contributed by atoms with Gasteiger partial charge in [-0.1, -0.05) is 17.4 Å². The van der Waals surface area contributed by atoms with Crippen LogP contribution in [0.15, 0.2) is 60.9 Å². The second-order valence-electron chi connectivity index (χ2n) is 6.79. The van der Waals surface area contributed by atoms with Gasteiger partial charge in [-0.05, 0) is 48.0 Å². The van der Waals surface area contributed by atoms with Gasteiger partial charge in [-0.15, -0.1) is 10.2 Å². The molecule has 9 heteroatoms. The molecule has 2 aromatic carbocycles. The van der Waals surface area contributed by atoms with Gasteiger partial charge in [0.15, 0.2) is 11.5 Å². The average molecular weight is 448 g/mol. The van der Waals surface area contributed by atoms with E-state index in [-0.39, 0.29) is 5.91 Å². The molecule has 0 fully saturated rings. The Balaban J connectivity index is 1.57. The molecule has 8 nitrogen and oxygen atoms in total. The summed E-state index contributed by atoms with van der Waals surface area (Å²) in [6.07, 6.45) is 3.55. The van der Waals surface area contributed by atoms with Crippen LogP contribution in [0, 0.1) is 0 Å². The summed E-state index contributed by atoms with van der Waals surface area (Å²) in [7, 11) is 3.23. The number of hydrogen-bond acceptors (Lipinski definition) is 8. The number of carbonyl (C=O) groups excluding carboxylic acids is 1. The molecule has 0 aliphatic rings. The first-order valence-corrected chi connectivity index (χ1v) is 10.5. The Kier molecular flexibility index (Phi) is 6.27. The molecule has 4 aromatic rings. The van der Waals surface area contributed by atoms with E-state index >= 15 is 0 Å². The third-order valence-electron chi connectivity index (χ3n) is 4.63. The first kappa shape index (κ1) is 21.3. The van der Waals surface area contributed by atoms with Crippen LogP contribution in [0.3, 0.4) is 0 Å². The van der Waals surface area contributed by atoms with Crippen molar-refractivity contribution in [3.63, 3.8) is 0 Å². The summed E-state index contributed by atoms with van der Waals surface area (Å²) in [5, 5.41) is 15.4. The fourth-order valence-corrected chi connectivity index (χ4v) is 3.93. The van der Waals surface area contributed by atoms with Crippen LogP contribution in [0.1, 0.15) is 6.92 Å². The molecule has 32 heavy (non-hydrogen) atoms. The summed E-state index contributed by atoms with van der Waals surface area (Å²) in [4.78, 5) is 15.5. The maximum absolute atomic E-state index is 11.2. The van der Waals surface area contributed by atoms with E-state index in [9.17, 15) is 4.79 Å². The summed E-state index contributed by atoms with van der Waals surface area (Å²) < 4.78 is 10.8. The van der Waals surface area contributed by atoms with Gasteiger partial charge in [-0.3, -0.25) is 9.78 Å². The lowest BCUT2D eigenvalue weighted by Crippen LogP contribution is -2.04. The van der Waals surface area contributed by atoms with E-state index in [1.54, 1.807) is 20.4 Å². The van der Waals surface area contributed by atoms with Gasteiger partial charge in [-0.2, -0.15) is 0 Å². The van der Waals surface area contributed by atoms with Crippen molar-refractivity contribution in [2.75, 3.05) is 24.9 Å². The zero-order valence-corrected chi connectivity index (χ0v) is 18.6. The molecule has 0 aliphatic heterocycles. The van der Waals surface area contributed by atoms with Crippen LogP contribution in [0.4, 0.5) is 16.5 Å². The zero-order valence-electron chi connectivity index (χ0n) is 17.7. The number of rotatable bonds is 7. The van der Waals surface area contributed by atoms with Gasteiger partial charge < -0.3 is 20.1 Å². The van der Waals surface area contributed by atoms with Crippen molar-refractivity contribution in [1.82, 2.24) is 15.2 Å². The lowest BCUT2D eigenvalue weighted by atomic mass is 10.0. The van der Waals surface area contributed by atoms with Crippen molar-refractivity contribution in [2.24, 2.45) is 0 Å². The van der Waals surface area contributed by atoms with E-state index in [0.717, 1.165) is 33.1 Å². The van der Waals surface area contributed by atoms with Gasteiger partial charge in [0.25, 0.3) is 0 Å². The maximum atomic E-state index is 11.2. The quantitative estimate of drug-likeness (QED) is 0.412. The van der Waals surface area contributed by atoms with E-state index in [2.05, 4.69) is 25.8 Å². The van der Waals surface area contributed by atoms with Crippen LogP contribution in [-0.4, -0.2) is 35.3 Å². The summed E-state index contributed by atoms with van der Waals surface area (Å²) in [5.74, 6) is 1.15. The molecule has 0 radical (unpaired) electrons. The van der Waals surface area contributed by atoms with Crippen LogP contribution in [-0.2, 0) is 4.79 Å². The summed E-state index contributed by atoms with van der Waals surface area (Å²) in [6, 6.07) is 15.5. The zero-order chi connectivity index (χ0) is 22.5. The molecule has 2 N–H and O–H groups in total. The van der Waals surface area contributed by atoms with E-state index in [1.807, 2.05) is 54.7 Å². The van der Waals surface area contributed by atoms with Crippen LogP contribution in [0.2, 0.25) is 0 Å². The smallest absolute Gasteiger partial charge is 0.223 e. The maximum Gasteiger partial charge on any atom is 0.223 e. The van der Waals surface area contributed by atoms with Crippen molar-refractivity contribution in [1.29, 1.82) is 0 Å². The van der Waals surface area contributed by atoms with E-state index < -0.39 is 0 Å². The Labute approximate surface area is 189 Å². The summed E-state index contributed by atoms with van der Waals surface area (Å²) in [6.45, 7) is 1.44. The molecule has 162 valence electrons. The molecule has 0 saturated heterocycles. The highest BCUT2D eigenvalue weighted by Crippen LogP contribution is 2.36. The topological polar surface area (TPSA) is 98.3 Å². The number of nitrogens with zero attached hydrogens (tertiary/aromatic N) is 3.